The first-order valence-corrected chi connectivity index (χ1v) is 9.67. The summed E-state index contributed by atoms with van der Waals surface area (Å²) < 4.78 is 5.54. The Kier molecular flexibility index (Phi) is 4.02. The van der Waals surface area contributed by atoms with E-state index in [1.54, 1.807) is 20.8 Å². The monoisotopic (exact) mass is 396 g/mol. The zero-order valence-electron chi connectivity index (χ0n) is 16.4. The lowest BCUT2D eigenvalue weighted by molar-refractivity contribution is -0.335. The van der Waals surface area contributed by atoms with Gasteiger partial charge < -0.3 is 30.3 Å². The van der Waals surface area contributed by atoms with E-state index in [1.807, 2.05) is 0 Å². The predicted molar refractivity (Wildman–Crippen MR) is 94.6 cm³/mol. The molecule has 8 nitrogen and oxygen atoms in total. The van der Waals surface area contributed by atoms with Gasteiger partial charge in [-0.3, -0.25) is 4.79 Å². The largest absolute Gasteiger partial charge is 0.460 e. The van der Waals surface area contributed by atoms with Crippen LogP contribution in [-0.2, 0) is 14.3 Å². The maximum atomic E-state index is 12.5. The van der Waals surface area contributed by atoms with E-state index in [1.165, 1.54) is 13.0 Å². The summed E-state index contributed by atoms with van der Waals surface area (Å²) in [6.45, 7) is 6.43. The topological polar surface area (TPSA) is 145 Å². The van der Waals surface area contributed by atoms with Gasteiger partial charge in [-0.1, -0.05) is 19.4 Å². The Morgan fingerprint density at radius 2 is 1.64 bits per heavy atom. The molecule has 0 aromatic heterocycles. The number of ketones is 1. The van der Waals surface area contributed by atoms with E-state index in [4.69, 9.17) is 4.74 Å². The molecule has 28 heavy (non-hydrogen) atoms. The summed E-state index contributed by atoms with van der Waals surface area (Å²) in [4.78, 5) is 24.8. The van der Waals surface area contributed by atoms with Gasteiger partial charge in [0.15, 0.2) is 11.9 Å². The summed E-state index contributed by atoms with van der Waals surface area (Å²) in [7, 11) is 0. The third kappa shape index (κ3) is 2.02. The molecule has 4 aliphatic rings. The van der Waals surface area contributed by atoms with E-state index in [2.05, 4.69) is 0 Å². The van der Waals surface area contributed by atoms with Gasteiger partial charge in [-0.05, 0) is 32.3 Å². The van der Waals surface area contributed by atoms with Crippen molar-refractivity contribution >= 4 is 11.8 Å². The van der Waals surface area contributed by atoms with Gasteiger partial charge in [0.1, 0.15) is 18.3 Å². The average Bonchev–Trinajstić information content (AvgIpc) is 2.58. The Labute approximate surface area is 162 Å². The van der Waals surface area contributed by atoms with Crippen molar-refractivity contribution in [3.8, 4) is 0 Å². The van der Waals surface area contributed by atoms with E-state index >= 15 is 0 Å². The molecule has 3 fully saturated rings. The van der Waals surface area contributed by atoms with E-state index in [0.29, 0.717) is 5.57 Å². The summed E-state index contributed by atoms with van der Waals surface area (Å²) in [5.41, 5.74) is -3.60. The van der Waals surface area contributed by atoms with Gasteiger partial charge in [0.25, 0.3) is 0 Å². The Hall–Kier alpha value is -1.32. The Morgan fingerprint density at radius 3 is 2.25 bits per heavy atom. The molecule has 0 spiro atoms. The summed E-state index contributed by atoms with van der Waals surface area (Å²) in [6, 6.07) is 0. The van der Waals surface area contributed by atoms with Gasteiger partial charge in [-0.15, -0.1) is 0 Å². The molecule has 0 aromatic carbocycles. The lowest BCUT2D eigenvalue weighted by Crippen LogP contribution is -2.80. The first-order chi connectivity index (χ1) is 12.8. The average molecular weight is 396 g/mol. The fraction of sp³-hybridized carbons (Fsp3) is 0.800. The van der Waals surface area contributed by atoms with Crippen molar-refractivity contribution in [2.75, 3.05) is 0 Å². The molecule has 5 N–H and O–H groups in total. The fourth-order valence-electron chi connectivity index (χ4n) is 7.21. The second-order valence-corrected chi connectivity index (χ2v) is 9.70. The Balaban J connectivity index is 1.99. The number of carbonyl (C=O) groups excluding carboxylic acids is 2. The molecule has 0 aromatic rings. The number of aliphatic hydroxyl groups excluding tert-OH is 4. The number of aliphatic hydroxyl groups is 5. The third-order valence-corrected chi connectivity index (χ3v) is 8.39. The molecule has 4 rings (SSSR count). The zero-order chi connectivity index (χ0) is 21.0. The summed E-state index contributed by atoms with van der Waals surface area (Å²) in [5.74, 6) is -3.79. The summed E-state index contributed by atoms with van der Waals surface area (Å²) >= 11 is 0. The minimum atomic E-state index is -1.97. The third-order valence-electron chi connectivity index (χ3n) is 8.39. The minimum absolute atomic E-state index is 0.282. The maximum absolute atomic E-state index is 12.5. The molecule has 0 amide bonds. The van der Waals surface area contributed by atoms with Crippen molar-refractivity contribution < 1.29 is 39.9 Å². The molecule has 156 valence electrons. The number of esters is 1. The van der Waals surface area contributed by atoms with Crippen molar-refractivity contribution in [1.82, 2.24) is 0 Å². The highest BCUT2D eigenvalue weighted by molar-refractivity contribution is 5.96. The van der Waals surface area contributed by atoms with Crippen LogP contribution in [0.1, 0.15) is 34.1 Å². The molecular weight excluding hydrogens is 368 g/mol. The molecule has 3 aliphatic carbocycles. The second kappa shape index (κ2) is 5.64. The number of carbonyl (C=O) groups is 2. The lowest BCUT2D eigenvalue weighted by Gasteiger charge is -2.70. The van der Waals surface area contributed by atoms with Crippen LogP contribution in [-0.4, -0.2) is 73.4 Å². The van der Waals surface area contributed by atoms with Gasteiger partial charge in [0, 0.05) is 22.7 Å². The van der Waals surface area contributed by atoms with Crippen LogP contribution in [0.25, 0.3) is 0 Å². The molecule has 2 saturated carbocycles. The molecule has 8 heteroatoms. The smallest absolute Gasteiger partial charge is 0.335 e. The fourth-order valence-corrected chi connectivity index (χ4v) is 7.21. The number of rotatable bonds is 0. The van der Waals surface area contributed by atoms with Crippen molar-refractivity contribution in [2.24, 2.45) is 28.6 Å². The van der Waals surface area contributed by atoms with Crippen LogP contribution in [0.15, 0.2) is 11.6 Å². The van der Waals surface area contributed by atoms with E-state index in [0.717, 1.165) is 0 Å². The van der Waals surface area contributed by atoms with Crippen LogP contribution in [0.2, 0.25) is 0 Å². The molecule has 1 heterocycles. The molecular formula is C20H28O8. The lowest BCUT2D eigenvalue weighted by atomic mass is 9.37. The van der Waals surface area contributed by atoms with Gasteiger partial charge in [-0.25, -0.2) is 4.79 Å². The van der Waals surface area contributed by atoms with Gasteiger partial charge in [0.2, 0.25) is 0 Å². The standard InChI is InChI=1S/C20H28O8/c1-7-5-9(21)15(24)18(2)8(7)6-10-19(3)13(18)11(22)16(25)20(4,27)14(19)12(23)17(26)28-10/h5,8,10-16,22-25,27H,6H2,1-4H3/t8-,10-,11-,12-,13-,14-,15-,16+,18+,19-,20+/m1/s1. The molecule has 0 bridgehead atoms. The highest BCUT2D eigenvalue weighted by atomic mass is 16.6. The quantitative estimate of drug-likeness (QED) is 0.325. The number of hydrogen-bond donors (Lipinski definition) is 5. The van der Waals surface area contributed by atoms with Crippen molar-refractivity contribution in [3.63, 3.8) is 0 Å². The van der Waals surface area contributed by atoms with Crippen LogP contribution in [0.4, 0.5) is 0 Å². The molecule has 1 saturated heterocycles. The van der Waals surface area contributed by atoms with Gasteiger partial charge in [-0.2, -0.15) is 0 Å². The SMILES string of the molecule is CC1=CC(=O)[C@@H](O)[C@]2(C)[C@H]3[C@@H](O)[C@H](O)[C@@](C)(O)[C@@H]4[C@@H](O)C(=O)O[C@H](C[C@H]12)[C@]34C. The van der Waals surface area contributed by atoms with E-state index in [-0.39, 0.29) is 12.3 Å². The maximum Gasteiger partial charge on any atom is 0.335 e. The van der Waals surface area contributed by atoms with Crippen LogP contribution in [0, 0.1) is 28.6 Å². The molecule has 0 unspecified atom stereocenters. The highest BCUT2D eigenvalue weighted by Gasteiger charge is 2.76. The first kappa shape index (κ1) is 20.0. The van der Waals surface area contributed by atoms with Crippen LogP contribution in [0.3, 0.4) is 0 Å². The Bertz CT molecular complexity index is 774. The normalized spacial score (nSPS) is 58.4. The molecule has 0 radical (unpaired) electrons. The second-order valence-electron chi connectivity index (χ2n) is 9.70. The zero-order valence-corrected chi connectivity index (χ0v) is 16.4. The number of hydrogen-bond acceptors (Lipinski definition) is 8. The van der Waals surface area contributed by atoms with Crippen molar-refractivity contribution in [1.29, 1.82) is 0 Å². The van der Waals surface area contributed by atoms with Crippen molar-refractivity contribution in [3.05, 3.63) is 11.6 Å². The molecule has 11 atom stereocenters. The Morgan fingerprint density at radius 1 is 1.04 bits per heavy atom. The highest BCUT2D eigenvalue weighted by Crippen LogP contribution is 2.68. The number of fused-ring (bicyclic) bond motifs is 2. The molecule has 1 aliphatic heterocycles. The van der Waals surface area contributed by atoms with Crippen LogP contribution in [0.5, 0.6) is 0 Å². The van der Waals surface area contributed by atoms with E-state index in [9.17, 15) is 35.1 Å². The van der Waals surface area contributed by atoms with Gasteiger partial charge in [0.05, 0.1) is 11.7 Å². The van der Waals surface area contributed by atoms with Crippen LogP contribution >= 0.6 is 0 Å². The van der Waals surface area contributed by atoms with Crippen LogP contribution < -0.4 is 0 Å². The summed E-state index contributed by atoms with van der Waals surface area (Å²) in [6.07, 6.45) is -5.40. The van der Waals surface area contributed by atoms with E-state index < -0.39 is 70.5 Å². The predicted octanol–water partition coefficient (Wildman–Crippen LogP) is -1.09. The summed E-state index contributed by atoms with van der Waals surface area (Å²) in [5, 5.41) is 54.4. The number of ether oxygens (including phenoxy) is 1. The number of allylic oxidation sites excluding steroid dienone is 1. The van der Waals surface area contributed by atoms with Crippen molar-refractivity contribution in [2.45, 2.75) is 70.2 Å². The first-order valence-electron chi connectivity index (χ1n) is 9.67. The minimum Gasteiger partial charge on any atom is -0.460 e. The van der Waals surface area contributed by atoms with Gasteiger partial charge >= 0.3 is 5.97 Å².